The number of amides is 1. The van der Waals surface area contributed by atoms with E-state index < -0.39 is 18.6 Å². The van der Waals surface area contributed by atoms with E-state index in [9.17, 15) is 18.7 Å². The summed E-state index contributed by atoms with van der Waals surface area (Å²) in [4.78, 5) is 13.5. The summed E-state index contributed by atoms with van der Waals surface area (Å²) in [6, 6.07) is 0. The van der Waals surface area contributed by atoms with Gasteiger partial charge in [-0.25, -0.2) is 8.78 Å². The molecule has 0 aliphatic carbocycles. The summed E-state index contributed by atoms with van der Waals surface area (Å²) in [6.45, 7) is 2.30. The fraction of sp³-hybridized carbons (Fsp3) is 0.917. The summed E-state index contributed by atoms with van der Waals surface area (Å²) >= 11 is 0. The lowest BCUT2D eigenvalue weighted by atomic mass is 9.98. The van der Waals surface area contributed by atoms with Crippen LogP contribution in [0.25, 0.3) is 0 Å². The lowest BCUT2D eigenvalue weighted by Gasteiger charge is -2.22. The van der Waals surface area contributed by atoms with Gasteiger partial charge < -0.3 is 14.7 Å². The third-order valence-electron chi connectivity index (χ3n) is 3.12. The number of likely N-dealkylation sites (tertiary alicyclic amines) is 1. The molecule has 0 aromatic heterocycles. The number of carbonyl (C=O) groups excluding carboxylic acids is 1. The van der Waals surface area contributed by atoms with Gasteiger partial charge in [0.25, 0.3) is 6.43 Å². The third-order valence-corrected chi connectivity index (χ3v) is 3.12. The van der Waals surface area contributed by atoms with E-state index in [1.807, 2.05) is 0 Å². The Morgan fingerprint density at radius 2 is 2.17 bits per heavy atom. The van der Waals surface area contributed by atoms with Crippen LogP contribution >= 0.6 is 0 Å². The molecule has 106 valence electrons. The first-order chi connectivity index (χ1) is 8.41. The van der Waals surface area contributed by atoms with Gasteiger partial charge in [0.2, 0.25) is 5.91 Å². The van der Waals surface area contributed by atoms with Crippen molar-refractivity contribution >= 4 is 5.91 Å². The number of nitrogens with zero attached hydrogens (tertiary/aromatic N) is 1. The maximum atomic E-state index is 11.8. The van der Waals surface area contributed by atoms with Crippen LogP contribution in [-0.4, -0.2) is 54.2 Å². The van der Waals surface area contributed by atoms with Crippen molar-refractivity contribution in [1.82, 2.24) is 4.90 Å². The molecule has 1 amide bonds. The highest BCUT2D eigenvalue weighted by molar-refractivity contribution is 5.76. The van der Waals surface area contributed by atoms with E-state index in [1.165, 1.54) is 0 Å². The highest BCUT2D eigenvalue weighted by Crippen LogP contribution is 2.21. The van der Waals surface area contributed by atoms with Crippen LogP contribution in [0.2, 0.25) is 0 Å². The number of alkyl halides is 2. The monoisotopic (exact) mass is 265 g/mol. The largest absolute Gasteiger partial charge is 0.390 e. The van der Waals surface area contributed by atoms with Crippen LogP contribution in [-0.2, 0) is 9.53 Å². The van der Waals surface area contributed by atoms with E-state index in [4.69, 9.17) is 0 Å². The van der Waals surface area contributed by atoms with E-state index >= 15 is 0 Å². The van der Waals surface area contributed by atoms with Gasteiger partial charge in [0.15, 0.2) is 0 Å². The van der Waals surface area contributed by atoms with Crippen molar-refractivity contribution < 1.29 is 23.4 Å². The highest BCUT2D eigenvalue weighted by atomic mass is 19.3. The number of hydrogen-bond acceptors (Lipinski definition) is 3. The van der Waals surface area contributed by atoms with Gasteiger partial charge in [0, 0.05) is 13.1 Å². The molecule has 1 fully saturated rings. The summed E-state index contributed by atoms with van der Waals surface area (Å²) in [7, 11) is 0. The van der Waals surface area contributed by atoms with Crippen molar-refractivity contribution in [3.63, 3.8) is 0 Å². The van der Waals surface area contributed by atoms with Crippen molar-refractivity contribution in [3.05, 3.63) is 0 Å². The lowest BCUT2D eigenvalue weighted by Crippen LogP contribution is -2.34. The van der Waals surface area contributed by atoms with Crippen LogP contribution in [0, 0.1) is 0 Å². The Kier molecular flexibility index (Phi) is 5.95. The van der Waals surface area contributed by atoms with Gasteiger partial charge in [0.05, 0.1) is 18.6 Å². The van der Waals surface area contributed by atoms with E-state index in [0.29, 0.717) is 25.9 Å². The van der Waals surface area contributed by atoms with Crippen molar-refractivity contribution in [2.45, 2.75) is 44.6 Å². The predicted molar refractivity (Wildman–Crippen MR) is 62.5 cm³/mol. The van der Waals surface area contributed by atoms with Crippen molar-refractivity contribution in [2.75, 3.05) is 26.3 Å². The fourth-order valence-electron chi connectivity index (χ4n) is 2.00. The van der Waals surface area contributed by atoms with Crippen LogP contribution in [0.3, 0.4) is 0 Å². The van der Waals surface area contributed by atoms with E-state index in [1.54, 1.807) is 11.8 Å². The normalized spacial score (nSPS) is 25.3. The number of aliphatic hydroxyl groups is 1. The predicted octanol–water partition coefficient (Wildman–Crippen LogP) is 1.42. The minimum atomic E-state index is -2.49. The molecule has 1 heterocycles. The smallest absolute Gasteiger partial charge is 0.261 e. The molecule has 18 heavy (non-hydrogen) atoms. The molecule has 0 aromatic rings. The zero-order valence-corrected chi connectivity index (χ0v) is 10.7. The third kappa shape index (κ3) is 5.73. The van der Waals surface area contributed by atoms with Gasteiger partial charge in [-0.1, -0.05) is 0 Å². The molecule has 0 bridgehead atoms. The number of halogens is 2. The summed E-state index contributed by atoms with van der Waals surface area (Å²) < 4.78 is 28.3. The van der Waals surface area contributed by atoms with E-state index in [0.717, 1.165) is 6.42 Å². The Bertz CT molecular complexity index is 272. The van der Waals surface area contributed by atoms with Crippen LogP contribution in [0.5, 0.6) is 0 Å². The summed E-state index contributed by atoms with van der Waals surface area (Å²) in [6.07, 6.45) is -0.380. The molecule has 6 heteroatoms. The lowest BCUT2D eigenvalue weighted by molar-refractivity contribution is -0.132. The molecule has 1 unspecified atom stereocenters. The summed E-state index contributed by atoms with van der Waals surface area (Å²) in [5, 5.41) is 9.88. The maximum absolute atomic E-state index is 11.8. The first kappa shape index (κ1) is 15.3. The molecule has 0 radical (unpaired) electrons. The molecule has 1 saturated heterocycles. The van der Waals surface area contributed by atoms with Crippen molar-refractivity contribution in [3.8, 4) is 0 Å². The van der Waals surface area contributed by atoms with Gasteiger partial charge >= 0.3 is 0 Å². The van der Waals surface area contributed by atoms with Gasteiger partial charge in [0.1, 0.15) is 6.61 Å². The van der Waals surface area contributed by atoms with Crippen molar-refractivity contribution in [1.29, 1.82) is 0 Å². The molecule has 1 aliphatic heterocycles. The van der Waals surface area contributed by atoms with Crippen molar-refractivity contribution in [2.24, 2.45) is 0 Å². The number of rotatable bonds is 5. The first-order valence-electron chi connectivity index (χ1n) is 6.27. The second-order valence-electron chi connectivity index (χ2n) is 4.95. The fourth-order valence-corrected chi connectivity index (χ4v) is 2.00. The number of hydrogen-bond donors (Lipinski definition) is 1. The molecule has 0 saturated carbocycles. The molecule has 1 atom stereocenters. The quantitative estimate of drug-likeness (QED) is 0.765. The van der Waals surface area contributed by atoms with Gasteiger partial charge in [-0.2, -0.15) is 0 Å². The average molecular weight is 265 g/mol. The molecular formula is C12H21F2NO3. The van der Waals surface area contributed by atoms with Crippen LogP contribution < -0.4 is 0 Å². The number of ether oxygens (including phenoxy) is 1. The Hall–Kier alpha value is -0.750. The number of carbonyl (C=O) groups is 1. The second-order valence-corrected chi connectivity index (χ2v) is 4.95. The van der Waals surface area contributed by atoms with Gasteiger partial charge in [-0.15, -0.1) is 0 Å². The van der Waals surface area contributed by atoms with Gasteiger partial charge in [-0.3, -0.25) is 4.79 Å². The van der Waals surface area contributed by atoms with Crippen LogP contribution in [0.4, 0.5) is 8.78 Å². The zero-order valence-electron chi connectivity index (χ0n) is 10.7. The molecule has 0 aromatic carbocycles. The summed E-state index contributed by atoms with van der Waals surface area (Å²) in [5.74, 6) is -0.0954. The average Bonchev–Trinajstić information content (AvgIpc) is 2.45. The Morgan fingerprint density at radius 3 is 2.83 bits per heavy atom. The molecule has 1 aliphatic rings. The Morgan fingerprint density at radius 1 is 1.44 bits per heavy atom. The standard InChI is InChI=1S/C12H21F2NO3/c1-12(17)4-2-6-15(7-5-12)11(16)3-8-18-9-10(13)14/h10,17H,2-9H2,1H3. The molecular weight excluding hydrogens is 244 g/mol. The van der Waals surface area contributed by atoms with Gasteiger partial charge in [-0.05, 0) is 26.2 Å². The molecule has 1 rings (SSSR count). The van der Waals surface area contributed by atoms with Crippen LogP contribution in [0.1, 0.15) is 32.6 Å². The maximum Gasteiger partial charge on any atom is 0.261 e. The summed E-state index contributed by atoms with van der Waals surface area (Å²) in [5.41, 5.74) is -0.707. The second kappa shape index (κ2) is 6.99. The Labute approximate surface area is 106 Å². The topological polar surface area (TPSA) is 49.8 Å². The minimum Gasteiger partial charge on any atom is -0.390 e. The molecule has 4 nitrogen and oxygen atoms in total. The minimum absolute atomic E-state index is 0.0239. The van der Waals surface area contributed by atoms with E-state index in [-0.39, 0.29) is 18.9 Å². The highest BCUT2D eigenvalue weighted by Gasteiger charge is 2.26. The Balaban J connectivity index is 2.25. The molecule has 1 N–H and O–H groups in total. The first-order valence-corrected chi connectivity index (χ1v) is 6.27. The SMILES string of the molecule is CC1(O)CCCN(C(=O)CCOCC(F)F)CC1. The van der Waals surface area contributed by atoms with Crippen LogP contribution in [0.15, 0.2) is 0 Å². The van der Waals surface area contributed by atoms with E-state index in [2.05, 4.69) is 4.74 Å². The molecule has 0 spiro atoms. The zero-order chi connectivity index (χ0) is 13.6.